The Balaban J connectivity index is 1.50. The van der Waals surface area contributed by atoms with Crippen molar-refractivity contribution >= 4 is 78.4 Å². The third kappa shape index (κ3) is 6.32. The molecule has 0 saturated carbocycles. The number of hydrogen-bond acceptors (Lipinski definition) is 6. The molecule has 0 amide bonds. The number of fused-ring (bicyclic) bond motifs is 2. The predicted octanol–water partition coefficient (Wildman–Crippen LogP) is 7.55. The molecule has 10 heteroatoms. The molecule has 1 aliphatic heterocycles. The lowest BCUT2D eigenvalue weighted by Gasteiger charge is -2.31. The molecule has 0 fully saturated rings. The molecule has 200 valence electrons. The lowest BCUT2D eigenvalue weighted by molar-refractivity contribution is -0.642. The standard InChI is InChI=1S/C28H28Cl2N2O3S3/c1-28(2)16-18(12-26-31(3)22-14-20(29)5-7-24(22)36-26)11-19(17-28)13-27-32(9-4-10-38(33,34)35)23-15-21(30)6-8-25(23)37-27/h5-8,11-15H,4,9-10,16-17H2,1-3H3. The fraction of sp³-hybridized carbons (Fsp3) is 0.321. The molecule has 3 aromatic rings. The summed E-state index contributed by atoms with van der Waals surface area (Å²) in [5.41, 5.74) is 4.60. The Morgan fingerprint density at radius 3 is 2.61 bits per heavy atom. The van der Waals surface area contributed by atoms with Gasteiger partial charge in [0.1, 0.15) is 11.7 Å². The number of aryl methyl sites for hydroxylation is 1. The van der Waals surface area contributed by atoms with Crippen molar-refractivity contribution in [2.45, 2.75) is 38.0 Å². The number of thioether (sulfide) groups is 1. The Hall–Kier alpha value is -1.81. The Bertz CT molecular complexity index is 1620. The van der Waals surface area contributed by atoms with Gasteiger partial charge in [-0.2, -0.15) is 4.57 Å². The molecule has 0 N–H and O–H groups in total. The van der Waals surface area contributed by atoms with Crippen LogP contribution in [0, 0.1) is 5.41 Å². The molecule has 0 radical (unpaired) electrons. The van der Waals surface area contributed by atoms with Crippen LogP contribution in [0.15, 0.2) is 69.6 Å². The van der Waals surface area contributed by atoms with Gasteiger partial charge in [0.15, 0.2) is 0 Å². The third-order valence-electron chi connectivity index (χ3n) is 6.65. The summed E-state index contributed by atoms with van der Waals surface area (Å²) in [6, 6.07) is 11.7. The molecular weight excluding hydrogens is 579 g/mol. The summed E-state index contributed by atoms with van der Waals surface area (Å²) in [6.45, 7) is 4.99. The van der Waals surface area contributed by atoms with Crippen LogP contribution in [0.5, 0.6) is 0 Å². The van der Waals surface area contributed by atoms with Gasteiger partial charge in [0.2, 0.25) is 5.52 Å². The van der Waals surface area contributed by atoms with E-state index in [1.807, 2.05) is 30.3 Å². The van der Waals surface area contributed by atoms with E-state index in [2.05, 4.69) is 54.7 Å². The van der Waals surface area contributed by atoms with E-state index in [0.29, 0.717) is 11.6 Å². The smallest absolute Gasteiger partial charge is 0.262 e. The van der Waals surface area contributed by atoms with Crippen LogP contribution in [0.25, 0.3) is 16.3 Å². The van der Waals surface area contributed by atoms with E-state index >= 15 is 0 Å². The zero-order chi connectivity index (χ0) is 27.2. The van der Waals surface area contributed by atoms with Crippen LogP contribution in [-0.2, 0) is 17.2 Å². The van der Waals surface area contributed by atoms with Crippen molar-refractivity contribution in [2.24, 2.45) is 12.5 Å². The summed E-state index contributed by atoms with van der Waals surface area (Å²) in [7, 11) is -2.20. The Morgan fingerprint density at radius 1 is 1.11 bits per heavy atom. The highest BCUT2D eigenvalue weighted by atomic mass is 35.5. The Morgan fingerprint density at radius 2 is 1.84 bits per heavy atom. The van der Waals surface area contributed by atoms with Gasteiger partial charge < -0.3 is 9.45 Å². The number of halogens is 2. The molecule has 0 saturated heterocycles. The molecule has 38 heavy (non-hydrogen) atoms. The number of aromatic nitrogens is 1. The number of nitrogens with zero attached hydrogens (tertiary/aromatic N) is 2. The normalized spacial score (nSPS) is 19.4. The summed E-state index contributed by atoms with van der Waals surface area (Å²) in [5, 5.41) is 3.52. The number of allylic oxidation sites excluding steroid dienone is 4. The van der Waals surface area contributed by atoms with Crippen molar-refractivity contribution in [1.29, 1.82) is 0 Å². The maximum atomic E-state index is 11.2. The summed E-state index contributed by atoms with van der Waals surface area (Å²) >= 11 is 15.9. The molecular formula is C28H28Cl2N2O3S3. The van der Waals surface area contributed by atoms with E-state index in [-0.39, 0.29) is 11.8 Å². The summed E-state index contributed by atoms with van der Waals surface area (Å²) in [4.78, 5) is 3.14. The first-order chi connectivity index (χ1) is 17.9. The highest BCUT2D eigenvalue weighted by Gasteiger charge is 2.29. The molecule has 2 aromatic carbocycles. The van der Waals surface area contributed by atoms with E-state index in [9.17, 15) is 13.0 Å². The highest BCUT2D eigenvalue weighted by molar-refractivity contribution is 8.03. The number of rotatable bonds is 6. The topological polar surface area (TPSA) is 64.3 Å². The average Bonchev–Trinajstić information content (AvgIpc) is 3.28. The maximum absolute atomic E-state index is 11.2. The average molecular weight is 608 g/mol. The molecule has 0 spiro atoms. The van der Waals surface area contributed by atoms with Crippen molar-refractivity contribution in [3.8, 4) is 0 Å². The highest BCUT2D eigenvalue weighted by Crippen LogP contribution is 2.48. The monoisotopic (exact) mass is 606 g/mol. The van der Waals surface area contributed by atoms with E-state index < -0.39 is 15.9 Å². The largest absolute Gasteiger partial charge is 0.748 e. The van der Waals surface area contributed by atoms with Gasteiger partial charge in [-0.25, -0.2) is 8.42 Å². The summed E-state index contributed by atoms with van der Waals surface area (Å²) < 4.78 is 37.0. The fourth-order valence-electron chi connectivity index (χ4n) is 5.09. The number of anilines is 1. The summed E-state index contributed by atoms with van der Waals surface area (Å²) in [6.07, 6.45) is 8.87. The molecule has 0 bridgehead atoms. The molecule has 1 aromatic heterocycles. The molecule has 1 aliphatic carbocycles. The van der Waals surface area contributed by atoms with Crippen LogP contribution >= 0.6 is 46.3 Å². The van der Waals surface area contributed by atoms with Crippen molar-refractivity contribution < 1.29 is 17.5 Å². The van der Waals surface area contributed by atoms with Crippen LogP contribution in [-0.4, -0.2) is 25.3 Å². The first-order valence-electron chi connectivity index (χ1n) is 12.3. The van der Waals surface area contributed by atoms with E-state index in [1.54, 1.807) is 23.1 Å². The van der Waals surface area contributed by atoms with Gasteiger partial charge in [-0.1, -0.05) is 66.2 Å². The van der Waals surface area contributed by atoms with Gasteiger partial charge in [-0.15, -0.1) is 0 Å². The number of thiazole rings is 1. The summed E-state index contributed by atoms with van der Waals surface area (Å²) in [5.74, 6) is -0.392. The van der Waals surface area contributed by atoms with Crippen LogP contribution in [0.4, 0.5) is 5.69 Å². The van der Waals surface area contributed by atoms with E-state index in [4.69, 9.17) is 23.2 Å². The van der Waals surface area contributed by atoms with E-state index in [0.717, 1.165) is 44.0 Å². The zero-order valence-electron chi connectivity index (χ0n) is 21.3. The fourth-order valence-corrected chi connectivity index (χ4v) is 8.16. The van der Waals surface area contributed by atoms with Gasteiger partial charge >= 0.3 is 0 Å². The molecule has 2 aliphatic rings. The second-order valence-electron chi connectivity index (χ2n) is 10.5. The minimum Gasteiger partial charge on any atom is -0.748 e. The number of hydrogen-bond donors (Lipinski definition) is 0. The molecule has 0 atom stereocenters. The molecule has 2 heterocycles. The molecule has 0 unspecified atom stereocenters. The molecule has 5 rings (SSSR count). The zero-order valence-corrected chi connectivity index (χ0v) is 25.3. The van der Waals surface area contributed by atoms with Gasteiger partial charge in [0, 0.05) is 39.4 Å². The SMILES string of the molecule is C[n+]1c(C=C2C=C(C=C3Sc4ccc(Cl)cc4N3CCCS(=O)(=O)[O-])CC(C)(C)C2)sc2ccc(Cl)cc21. The van der Waals surface area contributed by atoms with Crippen molar-refractivity contribution in [3.63, 3.8) is 0 Å². The second-order valence-corrected chi connectivity index (χ2v) is 15.1. The Kier molecular flexibility index (Phi) is 7.77. The lowest BCUT2D eigenvalue weighted by atomic mass is 9.75. The van der Waals surface area contributed by atoms with Crippen LogP contribution < -0.4 is 9.47 Å². The Labute approximate surface area is 242 Å². The van der Waals surface area contributed by atoms with Crippen LogP contribution in [0.1, 0.15) is 38.1 Å². The minimum atomic E-state index is -4.27. The van der Waals surface area contributed by atoms with Gasteiger partial charge in [0.05, 0.1) is 20.8 Å². The van der Waals surface area contributed by atoms with Gasteiger partial charge in [-0.05, 0) is 72.2 Å². The van der Waals surface area contributed by atoms with Crippen LogP contribution in [0.3, 0.4) is 0 Å². The quantitative estimate of drug-likeness (QED) is 0.214. The van der Waals surface area contributed by atoms with Gasteiger partial charge in [0.25, 0.3) is 5.01 Å². The third-order valence-corrected chi connectivity index (χ3v) is 10.2. The minimum absolute atomic E-state index is 0.0758. The molecule has 5 nitrogen and oxygen atoms in total. The van der Waals surface area contributed by atoms with Crippen molar-refractivity contribution in [3.05, 3.63) is 79.8 Å². The number of benzene rings is 2. The lowest BCUT2D eigenvalue weighted by Crippen LogP contribution is -2.29. The first kappa shape index (κ1) is 27.7. The predicted molar refractivity (Wildman–Crippen MR) is 159 cm³/mol. The van der Waals surface area contributed by atoms with Crippen molar-refractivity contribution in [2.75, 3.05) is 17.2 Å². The van der Waals surface area contributed by atoms with Crippen LogP contribution in [0.2, 0.25) is 10.0 Å². The van der Waals surface area contributed by atoms with E-state index in [1.165, 1.54) is 15.8 Å². The van der Waals surface area contributed by atoms with Crippen molar-refractivity contribution in [1.82, 2.24) is 0 Å². The maximum Gasteiger partial charge on any atom is 0.262 e. The first-order valence-corrected chi connectivity index (χ1v) is 16.2. The second kappa shape index (κ2) is 10.6. The van der Waals surface area contributed by atoms with Gasteiger partial charge in [-0.3, -0.25) is 0 Å².